The lowest BCUT2D eigenvalue weighted by Crippen LogP contribution is -2.22. The molecule has 0 atom stereocenters. The highest BCUT2D eigenvalue weighted by molar-refractivity contribution is 5.46. The number of carbonyl (C=O) groups is 1. The first-order valence-electron chi connectivity index (χ1n) is 3.63. The second kappa shape index (κ2) is 3.49. The zero-order valence-electron chi connectivity index (χ0n) is 5.68. The van der Waals surface area contributed by atoms with E-state index in [9.17, 15) is 4.79 Å². The minimum Gasteiger partial charge on any atom is -0.345 e. The molecule has 0 aliphatic carbocycles. The van der Waals surface area contributed by atoms with Crippen molar-refractivity contribution >= 4 is 6.41 Å². The molecule has 1 amide bonds. The normalized spacial score (nSPS) is 21.1. The van der Waals surface area contributed by atoms with Crippen molar-refractivity contribution in [1.29, 1.82) is 0 Å². The maximum atomic E-state index is 10.2. The average molecular weight is 127 g/mol. The van der Waals surface area contributed by atoms with Crippen LogP contribution in [0.5, 0.6) is 0 Å². The molecule has 1 fully saturated rings. The van der Waals surface area contributed by atoms with Gasteiger partial charge in [-0.05, 0) is 12.8 Å². The van der Waals surface area contributed by atoms with Crippen molar-refractivity contribution in [2.45, 2.75) is 25.7 Å². The predicted molar refractivity (Wildman–Crippen MR) is 36.1 cm³/mol. The summed E-state index contributed by atoms with van der Waals surface area (Å²) in [7, 11) is 0. The Bertz CT molecular complexity index is 84.9. The standard InChI is InChI=1S/C7H13NO/c9-7-8-5-3-1-2-4-6-8/h7H,1-6H2. The molecular formula is C7H13NO. The Hall–Kier alpha value is -0.530. The predicted octanol–water partition coefficient (Wildman–Crippen LogP) is 1.02. The number of carbonyl (C=O) groups excluding carboxylic acids is 1. The highest BCUT2D eigenvalue weighted by Gasteiger charge is 2.04. The first kappa shape index (κ1) is 6.59. The van der Waals surface area contributed by atoms with E-state index in [1.165, 1.54) is 25.7 Å². The van der Waals surface area contributed by atoms with Crippen LogP contribution in [0.3, 0.4) is 0 Å². The molecule has 0 aromatic heterocycles. The molecule has 2 nitrogen and oxygen atoms in total. The number of likely N-dealkylation sites (tertiary alicyclic amines) is 1. The van der Waals surface area contributed by atoms with Gasteiger partial charge in [-0.1, -0.05) is 12.8 Å². The van der Waals surface area contributed by atoms with Gasteiger partial charge in [0, 0.05) is 13.1 Å². The third-order valence-electron chi connectivity index (χ3n) is 1.79. The second-order valence-corrected chi connectivity index (χ2v) is 2.56. The number of hydrogen-bond donors (Lipinski definition) is 0. The van der Waals surface area contributed by atoms with E-state index in [1.54, 1.807) is 0 Å². The smallest absolute Gasteiger partial charge is 0.209 e. The van der Waals surface area contributed by atoms with Crippen molar-refractivity contribution in [2.24, 2.45) is 0 Å². The zero-order valence-corrected chi connectivity index (χ0v) is 5.68. The van der Waals surface area contributed by atoms with Gasteiger partial charge in [0.05, 0.1) is 0 Å². The van der Waals surface area contributed by atoms with Crippen molar-refractivity contribution in [1.82, 2.24) is 4.90 Å². The molecule has 0 radical (unpaired) electrons. The summed E-state index contributed by atoms with van der Waals surface area (Å²) in [5.41, 5.74) is 0. The van der Waals surface area contributed by atoms with Gasteiger partial charge in [0.1, 0.15) is 0 Å². The maximum Gasteiger partial charge on any atom is 0.209 e. The molecule has 0 spiro atoms. The molecule has 0 unspecified atom stereocenters. The van der Waals surface area contributed by atoms with E-state index in [2.05, 4.69) is 0 Å². The van der Waals surface area contributed by atoms with E-state index < -0.39 is 0 Å². The van der Waals surface area contributed by atoms with Gasteiger partial charge in [-0.15, -0.1) is 0 Å². The van der Waals surface area contributed by atoms with Crippen LogP contribution in [-0.4, -0.2) is 24.4 Å². The van der Waals surface area contributed by atoms with Crippen molar-refractivity contribution in [3.05, 3.63) is 0 Å². The van der Waals surface area contributed by atoms with Crippen LogP contribution < -0.4 is 0 Å². The van der Waals surface area contributed by atoms with Crippen LogP contribution in [0.1, 0.15) is 25.7 Å². The van der Waals surface area contributed by atoms with Crippen LogP contribution in [0.15, 0.2) is 0 Å². The summed E-state index contributed by atoms with van der Waals surface area (Å²) in [5.74, 6) is 0. The first-order valence-corrected chi connectivity index (χ1v) is 3.63. The summed E-state index contributed by atoms with van der Waals surface area (Å²) in [6, 6.07) is 0. The van der Waals surface area contributed by atoms with E-state index in [1.807, 2.05) is 4.90 Å². The Morgan fingerprint density at radius 3 is 2.00 bits per heavy atom. The quantitative estimate of drug-likeness (QED) is 0.481. The average Bonchev–Trinajstić information content (AvgIpc) is 2.13. The molecule has 1 aliphatic heterocycles. The lowest BCUT2D eigenvalue weighted by Gasteiger charge is -2.11. The van der Waals surface area contributed by atoms with E-state index in [-0.39, 0.29) is 0 Å². The van der Waals surface area contributed by atoms with Crippen LogP contribution in [0, 0.1) is 0 Å². The first-order chi connectivity index (χ1) is 4.43. The molecule has 9 heavy (non-hydrogen) atoms. The fourth-order valence-corrected chi connectivity index (χ4v) is 1.20. The fourth-order valence-electron chi connectivity index (χ4n) is 1.20. The summed E-state index contributed by atoms with van der Waals surface area (Å²) >= 11 is 0. The number of hydrogen-bond acceptors (Lipinski definition) is 1. The minimum atomic E-state index is 0.964. The number of nitrogens with zero attached hydrogens (tertiary/aromatic N) is 1. The van der Waals surface area contributed by atoms with Gasteiger partial charge in [0.25, 0.3) is 0 Å². The van der Waals surface area contributed by atoms with Crippen LogP contribution in [0.25, 0.3) is 0 Å². The molecule has 0 bridgehead atoms. The van der Waals surface area contributed by atoms with Crippen LogP contribution in [0.2, 0.25) is 0 Å². The molecule has 2 heteroatoms. The van der Waals surface area contributed by atoms with Crippen LogP contribution >= 0.6 is 0 Å². The Morgan fingerprint density at radius 1 is 1.00 bits per heavy atom. The molecule has 1 heterocycles. The van der Waals surface area contributed by atoms with Crippen LogP contribution in [0.4, 0.5) is 0 Å². The lowest BCUT2D eigenvalue weighted by atomic mass is 10.2. The highest BCUT2D eigenvalue weighted by Crippen LogP contribution is 2.06. The van der Waals surface area contributed by atoms with Gasteiger partial charge in [-0.2, -0.15) is 0 Å². The largest absolute Gasteiger partial charge is 0.345 e. The third-order valence-corrected chi connectivity index (χ3v) is 1.79. The van der Waals surface area contributed by atoms with Gasteiger partial charge < -0.3 is 4.90 Å². The zero-order chi connectivity index (χ0) is 6.53. The van der Waals surface area contributed by atoms with Gasteiger partial charge in [-0.25, -0.2) is 0 Å². The monoisotopic (exact) mass is 127 g/mol. The highest BCUT2D eigenvalue weighted by atomic mass is 16.1. The van der Waals surface area contributed by atoms with E-state index in [4.69, 9.17) is 0 Å². The molecule has 1 saturated heterocycles. The molecule has 0 N–H and O–H groups in total. The van der Waals surface area contributed by atoms with Crippen LogP contribution in [-0.2, 0) is 4.79 Å². The Balaban J connectivity index is 2.26. The van der Waals surface area contributed by atoms with E-state index in [0.29, 0.717) is 0 Å². The summed E-state index contributed by atoms with van der Waals surface area (Å²) in [5, 5.41) is 0. The molecule has 0 saturated carbocycles. The molecule has 0 aromatic rings. The van der Waals surface area contributed by atoms with E-state index in [0.717, 1.165) is 19.5 Å². The fraction of sp³-hybridized carbons (Fsp3) is 0.857. The maximum absolute atomic E-state index is 10.2. The minimum absolute atomic E-state index is 0.964. The SMILES string of the molecule is O=CN1CCCCCC1. The van der Waals surface area contributed by atoms with Crippen molar-refractivity contribution in [3.63, 3.8) is 0 Å². The molecule has 0 aromatic carbocycles. The van der Waals surface area contributed by atoms with Gasteiger partial charge in [0.2, 0.25) is 6.41 Å². The second-order valence-electron chi connectivity index (χ2n) is 2.56. The third kappa shape index (κ3) is 2.04. The molecule has 52 valence electrons. The topological polar surface area (TPSA) is 20.3 Å². The Labute approximate surface area is 55.8 Å². The number of rotatable bonds is 1. The summed E-state index contributed by atoms with van der Waals surface area (Å²) in [6.07, 6.45) is 5.94. The van der Waals surface area contributed by atoms with Crippen molar-refractivity contribution in [2.75, 3.05) is 13.1 Å². The summed E-state index contributed by atoms with van der Waals surface area (Å²) < 4.78 is 0. The van der Waals surface area contributed by atoms with E-state index >= 15 is 0 Å². The summed E-state index contributed by atoms with van der Waals surface area (Å²) in [6.45, 7) is 1.95. The molecule has 1 rings (SSSR count). The van der Waals surface area contributed by atoms with Gasteiger partial charge in [0.15, 0.2) is 0 Å². The Morgan fingerprint density at radius 2 is 1.56 bits per heavy atom. The van der Waals surface area contributed by atoms with Gasteiger partial charge in [-0.3, -0.25) is 4.79 Å². The Kier molecular flexibility index (Phi) is 2.55. The van der Waals surface area contributed by atoms with Gasteiger partial charge >= 0.3 is 0 Å². The molecular weight excluding hydrogens is 114 g/mol. The lowest BCUT2D eigenvalue weighted by molar-refractivity contribution is -0.118. The van der Waals surface area contributed by atoms with Crippen molar-refractivity contribution in [3.8, 4) is 0 Å². The summed E-state index contributed by atoms with van der Waals surface area (Å²) in [4.78, 5) is 12.1. The molecule has 1 aliphatic rings. The van der Waals surface area contributed by atoms with Crippen molar-refractivity contribution < 1.29 is 4.79 Å². The number of amides is 1.